The highest BCUT2D eigenvalue weighted by molar-refractivity contribution is 9.10. The van der Waals surface area contributed by atoms with E-state index in [1.54, 1.807) is 44.2 Å². The van der Waals surface area contributed by atoms with Gasteiger partial charge in [0, 0.05) is 10.2 Å². The quantitative estimate of drug-likeness (QED) is 0.413. The Morgan fingerprint density at radius 2 is 1.76 bits per heavy atom. The van der Waals surface area contributed by atoms with Crippen molar-refractivity contribution in [2.24, 2.45) is 5.92 Å². The third kappa shape index (κ3) is 5.70. The van der Waals surface area contributed by atoms with Crippen molar-refractivity contribution in [3.05, 3.63) is 75.9 Å². The van der Waals surface area contributed by atoms with Crippen molar-refractivity contribution >= 4 is 37.9 Å². The van der Waals surface area contributed by atoms with Gasteiger partial charge in [0.25, 0.3) is 10.0 Å². The standard InChI is InChI=1S/C25H28BrNO6S/c1-4-32-24(28)16-21(25(29)33-5-2)23-14-13-22(18-7-6-8-19(26)15-18)27(23)34(30,31)20-11-9-17(3)10-12-20/h6-12,14-15,21-22H,4-5,13,16H2,1-3H3/t21-,22+/m0/s1. The van der Waals surface area contributed by atoms with Crippen LogP contribution < -0.4 is 0 Å². The fourth-order valence-electron chi connectivity index (χ4n) is 3.95. The first-order chi connectivity index (χ1) is 16.2. The Morgan fingerprint density at radius 3 is 2.38 bits per heavy atom. The number of sulfonamides is 1. The molecule has 0 fully saturated rings. The van der Waals surface area contributed by atoms with Crippen molar-refractivity contribution in [3.8, 4) is 0 Å². The lowest BCUT2D eigenvalue weighted by atomic mass is 10.0. The molecule has 1 heterocycles. The number of halogens is 1. The van der Waals surface area contributed by atoms with E-state index in [0.29, 0.717) is 6.42 Å². The summed E-state index contributed by atoms with van der Waals surface area (Å²) in [5.41, 5.74) is 1.90. The zero-order chi connectivity index (χ0) is 24.9. The second-order valence-corrected chi connectivity index (χ2v) is 10.6. The van der Waals surface area contributed by atoms with Crippen molar-refractivity contribution in [2.75, 3.05) is 13.2 Å². The molecular weight excluding hydrogens is 522 g/mol. The van der Waals surface area contributed by atoms with E-state index >= 15 is 0 Å². The van der Waals surface area contributed by atoms with Crippen molar-refractivity contribution in [3.63, 3.8) is 0 Å². The second-order valence-electron chi connectivity index (χ2n) is 7.86. The summed E-state index contributed by atoms with van der Waals surface area (Å²) >= 11 is 3.45. The number of esters is 2. The molecule has 0 amide bonds. The van der Waals surface area contributed by atoms with Gasteiger partial charge in [0.15, 0.2) is 0 Å². The number of nitrogens with zero attached hydrogens (tertiary/aromatic N) is 1. The molecule has 0 saturated heterocycles. The highest BCUT2D eigenvalue weighted by Gasteiger charge is 2.43. The van der Waals surface area contributed by atoms with Crippen LogP contribution in [0.3, 0.4) is 0 Å². The van der Waals surface area contributed by atoms with Gasteiger partial charge < -0.3 is 9.47 Å². The third-order valence-electron chi connectivity index (χ3n) is 5.50. The average molecular weight is 550 g/mol. The number of ether oxygens (including phenoxy) is 2. The van der Waals surface area contributed by atoms with Gasteiger partial charge in [-0.3, -0.25) is 13.9 Å². The summed E-state index contributed by atoms with van der Waals surface area (Å²) in [5.74, 6) is -2.38. The van der Waals surface area contributed by atoms with Gasteiger partial charge in [0.1, 0.15) is 5.92 Å². The molecule has 2 aromatic carbocycles. The van der Waals surface area contributed by atoms with Crippen LogP contribution in [-0.4, -0.2) is 37.9 Å². The Kier molecular flexibility index (Phi) is 8.54. The van der Waals surface area contributed by atoms with E-state index in [-0.39, 0.29) is 30.2 Å². The van der Waals surface area contributed by atoms with Gasteiger partial charge in [-0.25, -0.2) is 8.42 Å². The van der Waals surface area contributed by atoms with E-state index in [1.165, 1.54) is 4.31 Å². The van der Waals surface area contributed by atoms with Crippen LogP contribution in [0, 0.1) is 12.8 Å². The first-order valence-electron chi connectivity index (χ1n) is 11.1. The molecule has 34 heavy (non-hydrogen) atoms. The van der Waals surface area contributed by atoms with E-state index in [0.717, 1.165) is 15.6 Å². The molecule has 2 aromatic rings. The van der Waals surface area contributed by atoms with Gasteiger partial charge in [0.2, 0.25) is 0 Å². The molecule has 1 aliphatic rings. The third-order valence-corrected chi connectivity index (χ3v) is 7.85. The Bertz CT molecular complexity index is 1180. The molecule has 9 heteroatoms. The number of rotatable bonds is 9. The highest BCUT2D eigenvalue weighted by atomic mass is 79.9. The maximum Gasteiger partial charge on any atom is 0.315 e. The normalized spacial score (nSPS) is 16.6. The molecule has 182 valence electrons. The van der Waals surface area contributed by atoms with Gasteiger partial charge in [0.05, 0.1) is 30.6 Å². The first kappa shape index (κ1) is 26.0. The molecule has 0 spiro atoms. The molecular formula is C25H28BrNO6S. The molecule has 0 bridgehead atoms. The molecule has 2 atom stereocenters. The Balaban J connectivity index is 2.12. The molecule has 0 saturated carbocycles. The number of hydrogen-bond donors (Lipinski definition) is 0. The van der Waals surface area contributed by atoms with Crippen molar-refractivity contribution in [1.29, 1.82) is 0 Å². The van der Waals surface area contributed by atoms with Crippen LogP contribution in [0.15, 0.2) is 69.7 Å². The zero-order valence-electron chi connectivity index (χ0n) is 19.4. The largest absolute Gasteiger partial charge is 0.466 e. The van der Waals surface area contributed by atoms with Crippen LogP contribution in [0.1, 0.15) is 43.9 Å². The fraction of sp³-hybridized carbons (Fsp3) is 0.360. The van der Waals surface area contributed by atoms with Gasteiger partial charge in [-0.1, -0.05) is 51.8 Å². The van der Waals surface area contributed by atoms with Crippen molar-refractivity contribution < 1.29 is 27.5 Å². The van der Waals surface area contributed by atoms with E-state index in [4.69, 9.17) is 9.47 Å². The highest BCUT2D eigenvalue weighted by Crippen LogP contribution is 2.43. The molecule has 7 nitrogen and oxygen atoms in total. The summed E-state index contributed by atoms with van der Waals surface area (Å²) in [6.45, 7) is 5.46. The first-order valence-corrected chi connectivity index (χ1v) is 13.3. The van der Waals surface area contributed by atoms with Gasteiger partial charge >= 0.3 is 11.9 Å². The van der Waals surface area contributed by atoms with E-state index in [2.05, 4.69) is 15.9 Å². The summed E-state index contributed by atoms with van der Waals surface area (Å²) in [7, 11) is -4.07. The monoisotopic (exact) mass is 549 g/mol. The lowest BCUT2D eigenvalue weighted by molar-refractivity contribution is -0.153. The van der Waals surface area contributed by atoms with Crippen molar-refractivity contribution in [1.82, 2.24) is 4.31 Å². The second kappa shape index (κ2) is 11.2. The average Bonchev–Trinajstić information content (AvgIpc) is 3.24. The minimum Gasteiger partial charge on any atom is -0.466 e. The van der Waals surface area contributed by atoms with E-state index in [9.17, 15) is 18.0 Å². The maximum atomic E-state index is 13.9. The van der Waals surface area contributed by atoms with Crippen molar-refractivity contribution in [2.45, 2.75) is 44.6 Å². The SMILES string of the molecule is CCOC(=O)C[C@H](C(=O)OCC)C1=CC[C@H](c2cccc(Br)c2)N1S(=O)(=O)c1ccc(C)cc1. The van der Waals surface area contributed by atoms with Gasteiger partial charge in [-0.2, -0.15) is 0 Å². The minimum absolute atomic E-state index is 0.102. The van der Waals surface area contributed by atoms with E-state index in [1.807, 2.05) is 31.2 Å². The fourth-order valence-corrected chi connectivity index (χ4v) is 6.09. The lowest BCUT2D eigenvalue weighted by Gasteiger charge is -2.32. The molecule has 0 aromatic heterocycles. The number of hydrogen-bond acceptors (Lipinski definition) is 6. The summed E-state index contributed by atoms with van der Waals surface area (Å²) in [6.07, 6.45) is 1.73. The summed E-state index contributed by atoms with van der Waals surface area (Å²) in [4.78, 5) is 25.4. The molecule has 1 aliphatic heterocycles. The van der Waals surface area contributed by atoms with Crippen LogP contribution in [0.25, 0.3) is 0 Å². The molecule has 0 aliphatic carbocycles. The van der Waals surface area contributed by atoms with Crippen LogP contribution in [0.2, 0.25) is 0 Å². The predicted octanol–water partition coefficient (Wildman–Crippen LogP) is 4.91. The van der Waals surface area contributed by atoms with Crippen LogP contribution in [0.4, 0.5) is 0 Å². The predicted molar refractivity (Wildman–Crippen MR) is 131 cm³/mol. The van der Waals surface area contributed by atoms with Gasteiger partial charge in [-0.15, -0.1) is 0 Å². The molecule has 3 rings (SSSR count). The number of benzene rings is 2. The maximum absolute atomic E-state index is 13.9. The van der Waals surface area contributed by atoms with Crippen LogP contribution >= 0.6 is 15.9 Å². The number of aryl methyl sites for hydroxylation is 1. The molecule has 0 N–H and O–H groups in total. The minimum atomic E-state index is -4.07. The summed E-state index contributed by atoms with van der Waals surface area (Å²) < 4.78 is 40.2. The summed E-state index contributed by atoms with van der Waals surface area (Å²) in [5, 5.41) is 0. The zero-order valence-corrected chi connectivity index (χ0v) is 21.8. The smallest absolute Gasteiger partial charge is 0.315 e. The number of carbonyl (C=O) groups excluding carboxylic acids is 2. The Morgan fingerprint density at radius 1 is 1.09 bits per heavy atom. The molecule has 0 unspecified atom stereocenters. The topological polar surface area (TPSA) is 90.0 Å². The van der Waals surface area contributed by atoms with Crippen LogP contribution in [-0.2, 0) is 29.1 Å². The summed E-state index contributed by atoms with van der Waals surface area (Å²) in [6, 6.07) is 13.3. The number of carbonyl (C=O) groups is 2. The molecule has 0 radical (unpaired) electrons. The van der Waals surface area contributed by atoms with Crippen LogP contribution in [0.5, 0.6) is 0 Å². The Labute approximate surface area is 208 Å². The van der Waals surface area contributed by atoms with E-state index < -0.39 is 33.9 Å². The van der Waals surface area contributed by atoms with Gasteiger partial charge in [-0.05, 0) is 57.0 Å². The Hall–Kier alpha value is -2.65. The lowest BCUT2D eigenvalue weighted by Crippen LogP contribution is -2.37.